The zero-order valence-corrected chi connectivity index (χ0v) is 18.1. The fourth-order valence-corrected chi connectivity index (χ4v) is 4.20. The van der Waals surface area contributed by atoms with Gasteiger partial charge in [-0.2, -0.15) is 0 Å². The Morgan fingerprint density at radius 2 is 1.96 bits per heavy atom. The van der Waals surface area contributed by atoms with Crippen LogP contribution in [0.1, 0.15) is 63.9 Å². The van der Waals surface area contributed by atoms with Gasteiger partial charge in [-0.1, -0.05) is 31.9 Å². The van der Waals surface area contributed by atoms with E-state index in [0.717, 1.165) is 58.2 Å². The van der Waals surface area contributed by atoms with Gasteiger partial charge in [0.15, 0.2) is 5.78 Å². The van der Waals surface area contributed by atoms with Gasteiger partial charge in [-0.15, -0.1) is 0 Å². The number of dihydropyridines is 1. The fourth-order valence-electron chi connectivity index (χ4n) is 3.84. The Balaban J connectivity index is 1.97. The lowest BCUT2D eigenvalue weighted by Gasteiger charge is -2.34. The van der Waals surface area contributed by atoms with Crippen molar-refractivity contribution in [2.75, 3.05) is 6.61 Å². The topological polar surface area (TPSA) is 55.4 Å². The Morgan fingerprint density at radius 3 is 2.67 bits per heavy atom. The SMILES string of the molecule is CCCCCOC(=O)C1=C(C)NC2=C(C(=O)CCC2)[C@@H]1c1ccc(I)cc1. The van der Waals surface area contributed by atoms with Gasteiger partial charge in [0.25, 0.3) is 0 Å². The number of halogens is 1. The third-order valence-electron chi connectivity index (χ3n) is 5.18. The van der Waals surface area contributed by atoms with Gasteiger partial charge in [-0.3, -0.25) is 4.79 Å². The molecule has 27 heavy (non-hydrogen) atoms. The van der Waals surface area contributed by atoms with Gasteiger partial charge < -0.3 is 10.1 Å². The Morgan fingerprint density at radius 1 is 1.22 bits per heavy atom. The number of ketones is 1. The van der Waals surface area contributed by atoms with Gasteiger partial charge >= 0.3 is 5.97 Å². The summed E-state index contributed by atoms with van der Waals surface area (Å²) in [6.45, 7) is 4.45. The molecule has 144 valence electrons. The number of allylic oxidation sites excluding steroid dienone is 3. The Labute approximate surface area is 174 Å². The van der Waals surface area contributed by atoms with Gasteiger partial charge in [0.2, 0.25) is 0 Å². The Bertz CT molecular complexity index is 792. The third kappa shape index (κ3) is 4.45. The van der Waals surface area contributed by atoms with Crippen LogP contribution in [0.3, 0.4) is 0 Å². The maximum absolute atomic E-state index is 12.9. The van der Waals surface area contributed by atoms with E-state index in [9.17, 15) is 9.59 Å². The quantitative estimate of drug-likeness (QED) is 0.355. The number of carbonyl (C=O) groups is 2. The number of Topliss-reactive ketones (excluding diaryl/α,β-unsaturated/α-hetero) is 1. The minimum absolute atomic E-state index is 0.135. The van der Waals surface area contributed by atoms with Crippen molar-refractivity contribution in [3.8, 4) is 0 Å². The molecule has 0 spiro atoms. The fraction of sp³-hybridized carbons (Fsp3) is 0.455. The number of hydrogen-bond acceptors (Lipinski definition) is 4. The molecule has 0 radical (unpaired) electrons. The molecule has 0 fully saturated rings. The molecule has 1 aliphatic heterocycles. The van der Waals surface area contributed by atoms with E-state index in [1.165, 1.54) is 0 Å². The van der Waals surface area contributed by atoms with Crippen molar-refractivity contribution in [3.63, 3.8) is 0 Å². The van der Waals surface area contributed by atoms with Crippen LogP contribution in [-0.4, -0.2) is 18.4 Å². The van der Waals surface area contributed by atoms with Crippen LogP contribution in [0.4, 0.5) is 0 Å². The second kappa shape index (κ2) is 9.04. The molecule has 1 aliphatic carbocycles. The first-order chi connectivity index (χ1) is 13.0. The van der Waals surface area contributed by atoms with Crippen LogP contribution in [0.5, 0.6) is 0 Å². The average Bonchev–Trinajstić information content (AvgIpc) is 2.65. The number of esters is 1. The summed E-state index contributed by atoms with van der Waals surface area (Å²) >= 11 is 2.26. The number of unbranched alkanes of at least 4 members (excludes halogenated alkanes) is 2. The molecule has 0 unspecified atom stereocenters. The normalized spacial score (nSPS) is 19.7. The summed E-state index contributed by atoms with van der Waals surface area (Å²) in [5, 5.41) is 3.33. The number of benzene rings is 1. The molecule has 1 heterocycles. The molecule has 1 aromatic rings. The van der Waals surface area contributed by atoms with Gasteiger partial charge in [0.05, 0.1) is 12.2 Å². The Hall–Kier alpha value is -1.63. The molecule has 4 nitrogen and oxygen atoms in total. The maximum Gasteiger partial charge on any atom is 0.336 e. The zero-order chi connectivity index (χ0) is 19.4. The molecule has 5 heteroatoms. The molecule has 0 aromatic heterocycles. The molecular formula is C22H26INO3. The monoisotopic (exact) mass is 479 g/mol. The van der Waals surface area contributed by atoms with E-state index in [-0.39, 0.29) is 17.7 Å². The Kier molecular flexibility index (Phi) is 6.73. The third-order valence-corrected chi connectivity index (χ3v) is 5.90. The first-order valence-electron chi connectivity index (χ1n) is 9.69. The summed E-state index contributed by atoms with van der Waals surface area (Å²) in [7, 11) is 0. The summed E-state index contributed by atoms with van der Waals surface area (Å²) in [6, 6.07) is 8.07. The number of rotatable bonds is 6. The van der Waals surface area contributed by atoms with Crippen LogP contribution in [0, 0.1) is 3.57 Å². The van der Waals surface area contributed by atoms with Crippen molar-refractivity contribution < 1.29 is 14.3 Å². The summed E-state index contributed by atoms with van der Waals surface area (Å²) in [5.41, 5.74) is 4.05. The van der Waals surface area contributed by atoms with Crippen LogP contribution in [0.15, 0.2) is 46.8 Å². The zero-order valence-electron chi connectivity index (χ0n) is 15.9. The van der Waals surface area contributed by atoms with Gasteiger partial charge in [-0.25, -0.2) is 4.79 Å². The molecule has 0 saturated heterocycles. The summed E-state index contributed by atoms with van der Waals surface area (Å²) in [5.74, 6) is -0.523. The summed E-state index contributed by atoms with van der Waals surface area (Å²) < 4.78 is 6.70. The number of ether oxygens (including phenoxy) is 1. The smallest absolute Gasteiger partial charge is 0.336 e. The van der Waals surface area contributed by atoms with Gasteiger partial charge in [0.1, 0.15) is 0 Å². The van der Waals surface area contributed by atoms with Crippen molar-refractivity contribution in [3.05, 3.63) is 55.9 Å². The van der Waals surface area contributed by atoms with E-state index in [1.807, 2.05) is 31.2 Å². The molecule has 0 bridgehead atoms. The average molecular weight is 479 g/mol. The van der Waals surface area contributed by atoms with E-state index in [1.54, 1.807) is 0 Å². The predicted molar refractivity (Wildman–Crippen MR) is 114 cm³/mol. The molecule has 0 amide bonds. The molecule has 1 N–H and O–H groups in total. The lowest BCUT2D eigenvalue weighted by Crippen LogP contribution is -2.34. The second-order valence-corrected chi connectivity index (χ2v) is 8.41. The number of hydrogen-bond donors (Lipinski definition) is 1. The van der Waals surface area contributed by atoms with Crippen LogP contribution >= 0.6 is 22.6 Å². The first kappa shape index (κ1) is 20.1. The van der Waals surface area contributed by atoms with E-state index in [2.05, 4.69) is 34.8 Å². The number of nitrogens with one attached hydrogen (secondary N) is 1. The molecule has 2 aliphatic rings. The van der Waals surface area contributed by atoms with Crippen molar-refractivity contribution in [1.29, 1.82) is 0 Å². The summed E-state index contributed by atoms with van der Waals surface area (Å²) in [6.07, 6.45) is 5.23. The minimum Gasteiger partial charge on any atom is -0.462 e. The van der Waals surface area contributed by atoms with Crippen molar-refractivity contribution in [2.45, 2.75) is 58.3 Å². The highest BCUT2D eigenvalue weighted by Gasteiger charge is 2.38. The van der Waals surface area contributed by atoms with Crippen LogP contribution < -0.4 is 5.32 Å². The maximum atomic E-state index is 12.9. The van der Waals surface area contributed by atoms with E-state index in [4.69, 9.17) is 4.74 Å². The highest BCUT2D eigenvalue weighted by Crippen LogP contribution is 2.42. The van der Waals surface area contributed by atoms with Crippen LogP contribution in [-0.2, 0) is 14.3 Å². The first-order valence-corrected chi connectivity index (χ1v) is 10.8. The largest absolute Gasteiger partial charge is 0.462 e. The standard InChI is InChI=1S/C22H26INO3/c1-3-4-5-13-27-22(26)19-14(2)24-17-7-6-8-18(25)21(17)20(19)15-9-11-16(23)12-10-15/h9-12,20,24H,3-8,13H2,1-2H3/t20-/m1/s1. The predicted octanol–water partition coefficient (Wildman–Crippen LogP) is 4.99. The van der Waals surface area contributed by atoms with Crippen molar-refractivity contribution in [1.82, 2.24) is 5.32 Å². The molecule has 3 rings (SSSR count). The minimum atomic E-state index is -0.343. The molecule has 1 atom stereocenters. The van der Waals surface area contributed by atoms with E-state index >= 15 is 0 Å². The lowest BCUT2D eigenvalue weighted by atomic mass is 9.75. The number of carbonyl (C=O) groups excluding carboxylic acids is 2. The van der Waals surface area contributed by atoms with Crippen molar-refractivity contribution in [2.24, 2.45) is 0 Å². The van der Waals surface area contributed by atoms with Gasteiger partial charge in [0, 0.05) is 32.9 Å². The second-order valence-electron chi connectivity index (χ2n) is 7.16. The van der Waals surface area contributed by atoms with E-state index < -0.39 is 0 Å². The van der Waals surface area contributed by atoms with Crippen LogP contribution in [0.2, 0.25) is 0 Å². The van der Waals surface area contributed by atoms with Crippen LogP contribution in [0.25, 0.3) is 0 Å². The molecular weight excluding hydrogens is 453 g/mol. The van der Waals surface area contributed by atoms with E-state index in [0.29, 0.717) is 18.6 Å². The van der Waals surface area contributed by atoms with Gasteiger partial charge in [-0.05, 0) is 66.5 Å². The molecule has 1 aromatic carbocycles. The highest BCUT2D eigenvalue weighted by molar-refractivity contribution is 14.1. The van der Waals surface area contributed by atoms with Crippen molar-refractivity contribution >= 4 is 34.3 Å². The summed E-state index contributed by atoms with van der Waals surface area (Å²) in [4.78, 5) is 25.7. The highest BCUT2D eigenvalue weighted by atomic mass is 127. The molecule has 0 saturated carbocycles. The lowest BCUT2D eigenvalue weighted by molar-refractivity contribution is -0.139.